The van der Waals surface area contributed by atoms with Gasteiger partial charge in [-0.3, -0.25) is 0 Å². The third-order valence-corrected chi connectivity index (χ3v) is 2.00. The number of methoxy groups -OCH3 is 1. The molecule has 0 spiro atoms. The molecular formula is C9H11ClN4O2. The third kappa shape index (κ3) is 3.03. The van der Waals surface area contributed by atoms with E-state index in [0.29, 0.717) is 10.6 Å². The van der Waals surface area contributed by atoms with Gasteiger partial charge in [0.2, 0.25) is 5.96 Å². The molecule has 0 atom stereocenters. The Kier molecular flexibility index (Phi) is 3.96. The molecule has 0 aliphatic rings. The second-order valence-corrected chi connectivity index (χ2v) is 3.22. The molecule has 0 radical (unpaired) electrons. The SMILES string of the molecule is COc1cc(C=NN=C(N)N)c(Cl)cc1O. The first kappa shape index (κ1) is 12.1. The van der Waals surface area contributed by atoms with E-state index in [1.54, 1.807) is 0 Å². The molecule has 0 bridgehead atoms. The van der Waals surface area contributed by atoms with Crippen LogP contribution in [0.15, 0.2) is 22.3 Å². The van der Waals surface area contributed by atoms with Gasteiger partial charge in [0, 0.05) is 11.6 Å². The number of phenolic OH excluding ortho intramolecular Hbond substituents is 1. The van der Waals surface area contributed by atoms with Gasteiger partial charge in [0.05, 0.1) is 18.3 Å². The lowest BCUT2D eigenvalue weighted by Gasteiger charge is -2.05. The molecule has 0 fully saturated rings. The predicted octanol–water partition coefficient (Wildman–Crippen LogP) is 0.661. The summed E-state index contributed by atoms with van der Waals surface area (Å²) in [4.78, 5) is 0. The van der Waals surface area contributed by atoms with Gasteiger partial charge in [0.1, 0.15) is 0 Å². The molecule has 5 N–H and O–H groups in total. The lowest BCUT2D eigenvalue weighted by molar-refractivity contribution is 0.373. The van der Waals surface area contributed by atoms with Gasteiger partial charge in [-0.25, -0.2) is 0 Å². The first-order valence-corrected chi connectivity index (χ1v) is 4.61. The van der Waals surface area contributed by atoms with Gasteiger partial charge in [0.15, 0.2) is 11.5 Å². The fourth-order valence-electron chi connectivity index (χ4n) is 0.979. The number of halogens is 1. The Morgan fingerprint density at radius 3 is 2.75 bits per heavy atom. The Labute approximate surface area is 97.2 Å². The van der Waals surface area contributed by atoms with E-state index in [2.05, 4.69) is 10.2 Å². The summed E-state index contributed by atoms with van der Waals surface area (Å²) < 4.78 is 4.91. The van der Waals surface area contributed by atoms with Gasteiger partial charge in [-0.1, -0.05) is 11.6 Å². The van der Waals surface area contributed by atoms with Crippen LogP contribution in [-0.2, 0) is 0 Å². The highest BCUT2D eigenvalue weighted by Crippen LogP contribution is 2.31. The molecule has 1 rings (SSSR count). The Balaban J connectivity index is 3.05. The van der Waals surface area contributed by atoms with Crippen molar-refractivity contribution in [3.63, 3.8) is 0 Å². The summed E-state index contributed by atoms with van der Waals surface area (Å²) in [7, 11) is 1.43. The number of hydrogen-bond donors (Lipinski definition) is 3. The van der Waals surface area contributed by atoms with E-state index in [-0.39, 0.29) is 17.5 Å². The molecule has 0 aromatic heterocycles. The molecule has 0 aliphatic heterocycles. The fourth-order valence-corrected chi connectivity index (χ4v) is 1.19. The summed E-state index contributed by atoms with van der Waals surface area (Å²) in [5.41, 5.74) is 10.7. The van der Waals surface area contributed by atoms with Crippen LogP contribution in [0.4, 0.5) is 0 Å². The summed E-state index contributed by atoms with van der Waals surface area (Å²) in [6, 6.07) is 2.86. The van der Waals surface area contributed by atoms with Crippen molar-refractivity contribution in [3.05, 3.63) is 22.7 Å². The number of nitrogens with two attached hydrogens (primary N) is 2. The normalized spacial score (nSPS) is 10.4. The highest BCUT2D eigenvalue weighted by Gasteiger charge is 2.06. The molecule has 6 nitrogen and oxygen atoms in total. The number of phenols is 1. The Morgan fingerprint density at radius 2 is 2.19 bits per heavy atom. The van der Waals surface area contributed by atoms with Crippen molar-refractivity contribution in [2.45, 2.75) is 0 Å². The van der Waals surface area contributed by atoms with Crippen molar-refractivity contribution in [1.29, 1.82) is 0 Å². The molecule has 0 amide bonds. The number of ether oxygens (including phenoxy) is 1. The van der Waals surface area contributed by atoms with Crippen LogP contribution in [-0.4, -0.2) is 24.4 Å². The van der Waals surface area contributed by atoms with Crippen LogP contribution in [0.3, 0.4) is 0 Å². The quantitative estimate of drug-likeness (QED) is 0.411. The van der Waals surface area contributed by atoms with E-state index in [1.807, 2.05) is 0 Å². The molecular weight excluding hydrogens is 232 g/mol. The van der Waals surface area contributed by atoms with E-state index in [1.165, 1.54) is 25.5 Å². The zero-order valence-corrected chi connectivity index (χ0v) is 9.27. The molecule has 0 saturated carbocycles. The molecule has 0 saturated heterocycles. The van der Waals surface area contributed by atoms with Crippen molar-refractivity contribution in [2.24, 2.45) is 21.7 Å². The summed E-state index contributed by atoms with van der Waals surface area (Å²) >= 11 is 5.86. The zero-order chi connectivity index (χ0) is 12.1. The van der Waals surface area contributed by atoms with E-state index in [4.69, 9.17) is 27.8 Å². The van der Waals surface area contributed by atoms with Gasteiger partial charge in [-0.15, -0.1) is 5.10 Å². The molecule has 7 heteroatoms. The minimum Gasteiger partial charge on any atom is -0.504 e. The van der Waals surface area contributed by atoms with Crippen LogP contribution >= 0.6 is 11.6 Å². The molecule has 16 heavy (non-hydrogen) atoms. The Bertz CT molecular complexity index is 441. The molecule has 86 valence electrons. The Hall–Kier alpha value is -1.95. The lowest BCUT2D eigenvalue weighted by Crippen LogP contribution is -2.21. The first-order valence-electron chi connectivity index (χ1n) is 4.23. The van der Waals surface area contributed by atoms with Gasteiger partial charge < -0.3 is 21.3 Å². The largest absolute Gasteiger partial charge is 0.504 e. The molecule has 0 aliphatic carbocycles. The predicted molar refractivity (Wildman–Crippen MR) is 63.1 cm³/mol. The summed E-state index contributed by atoms with van der Waals surface area (Å²) in [6.45, 7) is 0. The van der Waals surface area contributed by atoms with Crippen molar-refractivity contribution in [3.8, 4) is 11.5 Å². The summed E-state index contributed by atoms with van der Waals surface area (Å²) in [6.07, 6.45) is 1.35. The Morgan fingerprint density at radius 1 is 1.50 bits per heavy atom. The monoisotopic (exact) mass is 242 g/mol. The number of hydrogen-bond acceptors (Lipinski definition) is 4. The number of rotatable bonds is 3. The fraction of sp³-hybridized carbons (Fsp3) is 0.111. The molecule has 0 unspecified atom stereocenters. The first-order chi connectivity index (χ1) is 7.54. The number of benzene rings is 1. The molecule has 0 heterocycles. The smallest absolute Gasteiger partial charge is 0.211 e. The second-order valence-electron chi connectivity index (χ2n) is 2.82. The topological polar surface area (TPSA) is 106 Å². The highest BCUT2D eigenvalue weighted by molar-refractivity contribution is 6.33. The number of guanidine groups is 1. The van der Waals surface area contributed by atoms with Gasteiger partial charge in [-0.05, 0) is 6.07 Å². The van der Waals surface area contributed by atoms with Crippen LogP contribution in [0.25, 0.3) is 0 Å². The minimum atomic E-state index is -0.155. The van der Waals surface area contributed by atoms with Crippen LogP contribution in [0.5, 0.6) is 11.5 Å². The highest BCUT2D eigenvalue weighted by atomic mass is 35.5. The second kappa shape index (κ2) is 5.22. The van der Waals surface area contributed by atoms with Crippen LogP contribution < -0.4 is 16.2 Å². The van der Waals surface area contributed by atoms with E-state index >= 15 is 0 Å². The maximum absolute atomic E-state index is 9.41. The number of nitrogens with zero attached hydrogens (tertiary/aromatic N) is 2. The maximum Gasteiger partial charge on any atom is 0.211 e. The third-order valence-electron chi connectivity index (χ3n) is 1.67. The standard InChI is InChI=1S/C9H11ClN4O2/c1-16-8-2-5(4-13-14-9(11)12)6(10)3-7(8)15/h2-4,15H,1H3,(H4,11,12,14). The van der Waals surface area contributed by atoms with E-state index < -0.39 is 0 Å². The average molecular weight is 243 g/mol. The van der Waals surface area contributed by atoms with Crippen LogP contribution in [0.2, 0.25) is 5.02 Å². The summed E-state index contributed by atoms with van der Waals surface area (Å²) in [5, 5.41) is 16.7. The van der Waals surface area contributed by atoms with Gasteiger partial charge in [0.25, 0.3) is 0 Å². The van der Waals surface area contributed by atoms with Gasteiger partial charge >= 0.3 is 0 Å². The number of aromatic hydroxyl groups is 1. The summed E-state index contributed by atoms with van der Waals surface area (Å²) in [5.74, 6) is 0.0835. The van der Waals surface area contributed by atoms with Crippen molar-refractivity contribution in [2.75, 3.05) is 7.11 Å². The van der Waals surface area contributed by atoms with E-state index in [0.717, 1.165) is 0 Å². The zero-order valence-electron chi connectivity index (χ0n) is 8.51. The maximum atomic E-state index is 9.41. The van der Waals surface area contributed by atoms with E-state index in [9.17, 15) is 5.11 Å². The molecule has 1 aromatic carbocycles. The molecule has 1 aromatic rings. The van der Waals surface area contributed by atoms with Crippen molar-refractivity contribution >= 4 is 23.8 Å². The lowest BCUT2D eigenvalue weighted by atomic mass is 10.2. The van der Waals surface area contributed by atoms with Crippen LogP contribution in [0.1, 0.15) is 5.56 Å². The minimum absolute atomic E-state index is 0.0495. The van der Waals surface area contributed by atoms with Crippen molar-refractivity contribution in [1.82, 2.24) is 0 Å². The van der Waals surface area contributed by atoms with Gasteiger partial charge in [-0.2, -0.15) is 5.10 Å². The van der Waals surface area contributed by atoms with Crippen LogP contribution in [0, 0.1) is 0 Å². The average Bonchev–Trinajstić information content (AvgIpc) is 2.20. The van der Waals surface area contributed by atoms with Crippen molar-refractivity contribution < 1.29 is 9.84 Å².